The Morgan fingerprint density at radius 1 is 1.04 bits per heavy atom. The molecule has 0 fully saturated rings. The van der Waals surface area contributed by atoms with Gasteiger partial charge >= 0.3 is 0 Å². The number of carbonyl (C=O) groups excluding carboxylic acids is 2. The van der Waals surface area contributed by atoms with Crippen molar-refractivity contribution in [1.82, 2.24) is 10.7 Å². The number of amides is 2. The average molecular weight is 327 g/mol. The number of rotatable bonds is 7. The minimum absolute atomic E-state index is 0.0979. The number of alkyl halides is 1. The summed E-state index contributed by atoms with van der Waals surface area (Å²) in [5.74, 6) is -0.568. The fourth-order valence-electron chi connectivity index (χ4n) is 1.99. The van der Waals surface area contributed by atoms with Crippen LogP contribution >= 0.6 is 0 Å². The van der Waals surface area contributed by atoms with Crippen molar-refractivity contribution in [3.05, 3.63) is 71.3 Å². The van der Waals surface area contributed by atoms with Gasteiger partial charge in [-0.3, -0.25) is 9.59 Å². The molecule has 2 aromatic carbocycles. The maximum Gasteiger partial charge on any atom is 0.251 e. The largest absolute Gasteiger partial charge is 0.352 e. The highest BCUT2D eigenvalue weighted by Gasteiger charge is 2.05. The van der Waals surface area contributed by atoms with Crippen molar-refractivity contribution < 1.29 is 14.0 Å². The molecule has 0 aliphatic carbocycles. The number of carbonyl (C=O) groups is 2. The number of hydrogen-bond donors (Lipinski definition) is 2. The Kier molecular flexibility index (Phi) is 6.64. The van der Waals surface area contributed by atoms with Gasteiger partial charge in [-0.2, -0.15) is 5.10 Å². The molecule has 2 aromatic rings. The summed E-state index contributed by atoms with van der Waals surface area (Å²) in [4.78, 5) is 23.4. The van der Waals surface area contributed by atoms with Gasteiger partial charge in [-0.05, 0) is 17.7 Å². The Morgan fingerprint density at radius 3 is 2.50 bits per heavy atom. The first-order chi connectivity index (χ1) is 11.7. The number of nitrogens with zero attached hydrogens (tertiary/aromatic N) is 1. The first-order valence-electron chi connectivity index (χ1n) is 7.49. The van der Waals surface area contributed by atoms with Gasteiger partial charge in [0.1, 0.15) is 6.67 Å². The van der Waals surface area contributed by atoms with Gasteiger partial charge in [-0.1, -0.05) is 42.5 Å². The van der Waals surface area contributed by atoms with Crippen LogP contribution in [-0.4, -0.2) is 24.6 Å². The molecular weight excluding hydrogens is 309 g/mol. The van der Waals surface area contributed by atoms with E-state index in [0.29, 0.717) is 16.7 Å². The molecule has 2 rings (SSSR count). The van der Waals surface area contributed by atoms with E-state index in [1.165, 1.54) is 6.21 Å². The lowest BCUT2D eigenvalue weighted by atomic mass is 10.1. The zero-order valence-corrected chi connectivity index (χ0v) is 13.0. The van der Waals surface area contributed by atoms with Crippen LogP contribution < -0.4 is 10.7 Å². The quantitative estimate of drug-likeness (QED) is 0.606. The molecule has 0 unspecified atom stereocenters. The van der Waals surface area contributed by atoms with Gasteiger partial charge in [0.2, 0.25) is 5.91 Å². The van der Waals surface area contributed by atoms with Crippen molar-refractivity contribution in [2.75, 3.05) is 6.54 Å². The molecule has 0 aliphatic rings. The highest BCUT2D eigenvalue weighted by molar-refractivity contribution is 5.94. The second-order valence-corrected chi connectivity index (χ2v) is 5.00. The Balaban J connectivity index is 1.74. The van der Waals surface area contributed by atoms with Crippen molar-refractivity contribution in [2.45, 2.75) is 13.1 Å². The van der Waals surface area contributed by atoms with Crippen LogP contribution in [0.15, 0.2) is 59.7 Å². The van der Waals surface area contributed by atoms with E-state index in [1.54, 1.807) is 48.5 Å². The Labute approximate surface area is 139 Å². The Bertz CT molecular complexity index is 717. The van der Waals surface area contributed by atoms with Crippen LogP contribution in [0.5, 0.6) is 0 Å². The van der Waals surface area contributed by atoms with Crippen LogP contribution in [0.25, 0.3) is 0 Å². The summed E-state index contributed by atoms with van der Waals surface area (Å²) < 4.78 is 12.8. The van der Waals surface area contributed by atoms with Crippen molar-refractivity contribution in [3.63, 3.8) is 0 Å². The maximum atomic E-state index is 12.8. The van der Waals surface area contributed by atoms with Crippen molar-refractivity contribution in [3.8, 4) is 0 Å². The summed E-state index contributed by atoms with van der Waals surface area (Å²) in [5, 5.41) is 6.46. The fourth-order valence-corrected chi connectivity index (χ4v) is 1.99. The Morgan fingerprint density at radius 2 is 1.75 bits per heavy atom. The molecule has 0 heterocycles. The van der Waals surface area contributed by atoms with Gasteiger partial charge in [-0.15, -0.1) is 0 Å². The third-order valence-corrected chi connectivity index (χ3v) is 3.27. The lowest BCUT2D eigenvalue weighted by Gasteiger charge is -2.04. The number of benzene rings is 2. The molecule has 2 amide bonds. The van der Waals surface area contributed by atoms with Gasteiger partial charge < -0.3 is 5.32 Å². The monoisotopic (exact) mass is 327 g/mol. The van der Waals surface area contributed by atoms with Gasteiger partial charge in [0.25, 0.3) is 5.91 Å². The predicted octanol–water partition coefficient (Wildman–Crippen LogP) is 2.43. The lowest BCUT2D eigenvalue weighted by molar-refractivity contribution is -0.120. The standard InChI is InChI=1S/C18H18FN3O2/c19-12-15-8-4-5-9-16(15)13-21-22-17(23)10-11-20-18(24)14-6-2-1-3-7-14/h1-9,13H,10-12H2,(H,20,24)(H,22,23). The summed E-state index contributed by atoms with van der Waals surface area (Å²) in [6.07, 6.45) is 1.50. The van der Waals surface area contributed by atoms with Crippen LogP contribution in [0.4, 0.5) is 4.39 Å². The summed E-state index contributed by atoms with van der Waals surface area (Å²) in [6, 6.07) is 15.6. The minimum Gasteiger partial charge on any atom is -0.352 e. The molecule has 5 nitrogen and oxygen atoms in total. The van der Waals surface area contributed by atoms with Gasteiger partial charge in [0.05, 0.1) is 6.21 Å². The molecule has 0 aromatic heterocycles. The zero-order valence-electron chi connectivity index (χ0n) is 13.0. The highest BCUT2D eigenvalue weighted by Crippen LogP contribution is 2.07. The molecular formula is C18H18FN3O2. The Hall–Kier alpha value is -3.02. The third kappa shape index (κ3) is 5.31. The third-order valence-electron chi connectivity index (χ3n) is 3.27. The number of halogens is 1. The SMILES string of the molecule is O=C(CCNC(=O)c1ccccc1)NN=Cc1ccccc1CF. The van der Waals surface area contributed by atoms with E-state index >= 15 is 0 Å². The molecule has 0 atom stereocenters. The molecule has 0 radical (unpaired) electrons. The molecule has 0 aliphatic heterocycles. The molecule has 0 bridgehead atoms. The molecule has 2 N–H and O–H groups in total. The second kappa shape index (κ2) is 9.19. The van der Waals surface area contributed by atoms with Crippen molar-refractivity contribution in [1.29, 1.82) is 0 Å². The van der Waals surface area contributed by atoms with E-state index in [-0.39, 0.29) is 24.8 Å². The summed E-state index contributed by atoms with van der Waals surface area (Å²) in [5.41, 5.74) is 4.01. The van der Waals surface area contributed by atoms with E-state index in [4.69, 9.17) is 0 Å². The molecule has 0 saturated carbocycles. The normalized spacial score (nSPS) is 10.5. The van der Waals surface area contributed by atoms with Crippen molar-refractivity contribution in [2.24, 2.45) is 5.10 Å². The fraction of sp³-hybridized carbons (Fsp3) is 0.167. The number of nitrogens with one attached hydrogen (secondary N) is 2. The zero-order chi connectivity index (χ0) is 17.2. The summed E-state index contributed by atoms with van der Waals surface area (Å²) in [6.45, 7) is -0.391. The molecule has 124 valence electrons. The average Bonchev–Trinajstić information content (AvgIpc) is 2.62. The topological polar surface area (TPSA) is 70.6 Å². The van der Waals surface area contributed by atoms with Crippen LogP contribution in [-0.2, 0) is 11.5 Å². The van der Waals surface area contributed by atoms with E-state index in [2.05, 4.69) is 15.8 Å². The number of hydrogen-bond acceptors (Lipinski definition) is 3. The van der Waals surface area contributed by atoms with Gasteiger partial charge in [-0.25, -0.2) is 9.82 Å². The van der Waals surface area contributed by atoms with Gasteiger partial charge in [0.15, 0.2) is 0 Å². The molecule has 24 heavy (non-hydrogen) atoms. The summed E-state index contributed by atoms with van der Waals surface area (Å²) in [7, 11) is 0. The first-order valence-corrected chi connectivity index (χ1v) is 7.49. The second-order valence-electron chi connectivity index (χ2n) is 5.00. The lowest BCUT2D eigenvalue weighted by Crippen LogP contribution is -2.28. The first kappa shape index (κ1) is 17.3. The van der Waals surface area contributed by atoms with E-state index in [1.807, 2.05) is 6.07 Å². The molecule has 0 spiro atoms. The van der Waals surface area contributed by atoms with E-state index in [0.717, 1.165) is 0 Å². The highest BCUT2D eigenvalue weighted by atomic mass is 19.1. The maximum absolute atomic E-state index is 12.8. The van der Waals surface area contributed by atoms with Crippen LogP contribution in [0, 0.1) is 0 Å². The van der Waals surface area contributed by atoms with Crippen molar-refractivity contribution >= 4 is 18.0 Å². The van der Waals surface area contributed by atoms with Crippen LogP contribution in [0.2, 0.25) is 0 Å². The van der Waals surface area contributed by atoms with E-state index in [9.17, 15) is 14.0 Å². The molecule has 6 heteroatoms. The van der Waals surface area contributed by atoms with Crippen LogP contribution in [0.3, 0.4) is 0 Å². The van der Waals surface area contributed by atoms with Gasteiger partial charge in [0, 0.05) is 24.1 Å². The number of hydrazone groups is 1. The molecule has 0 saturated heterocycles. The smallest absolute Gasteiger partial charge is 0.251 e. The van der Waals surface area contributed by atoms with Crippen LogP contribution in [0.1, 0.15) is 27.9 Å². The minimum atomic E-state index is -0.596. The van der Waals surface area contributed by atoms with E-state index < -0.39 is 6.67 Å². The summed E-state index contributed by atoms with van der Waals surface area (Å²) >= 11 is 0. The predicted molar refractivity (Wildman–Crippen MR) is 90.4 cm³/mol.